The highest BCUT2D eigenvalue weighted by Crippen LogP contribution is 2.43. The molecule has 23 heavy (non-hydrogen) atoms. The van der Waals surface area contributed by atoms with Crippen LogP contribution < -0.4 is 0 Å². The maximum atomic E-state index is 12.7. The van der Waals surface area contributed by atoms with Crippen molar-refractivity contribution in [3.8, 4) is 0 Å². The summed E-state index contributed by atoms with van der Waals surface area (Å²) in [5.74, 6) is 0. The number of allylic oxidation sites excluding steroid dienone is 1. The Balaban J connectivity index is 1.58. The summed E-state index contributed by atoms with van der Waals surface area (Å²) in [6.07, 6.45) is 7.70. The predicted molar refractivity (Wildman–Crippen MR) is 89.4 cm³/mol. The van der Waals surface area contributed by atoms with Crippen LogP contribution in [0.5, 0.6) is 0 Å². The van der Waals surface area contributed by atoms with Crippen LogP contribution in [0.3, 0.4) is 0 Å². The normalized spacial score (nSPS) is 19.8. The number of pyridine rings is 1. The van der Waals surface area contributed by atoms with Crippen molar-refractivity contribution in [2.75, 3.05) is 13.1 Å². The molecule has 2 heterocycles. The van der Waals surface area contributed by atoms with Gasteiger partial charge in [0, 0.05) is 24.7 Å². The first-order valence-corrected chi connectivity index (χ1v) is 9.26. The lowest BCUT2D eigenvalue weighted by Crippen LogP contribution is -2.44. The van der Waals surface area contributed by atoms with Gasteiger partial charge in [0.15, 0.2) is 0 Å². The van der Waals surface area contributed by atoms with Gasteiger partial charge in [-0.15, -0.1) is 0 Å². The van der Waals surface area contributed by atoms with Gasteiger partial charge in [-0.2, -0.15) is 4.31 Å². The Morgan fingerprint density at radius 2 is 1.74 bits per heavy atom. The van der Waals surface area contributed by atoms with Crippen molar-refractivity contribution in [1.29, 1.82) is 0 Å². The standard InChI is InChI=1S/C18H18N2O2S/c21-23(22,16-6-2-1-3-7-16)20-13-10-18(11-14-20)9-8-15-5-4-12-19-17(15)18/h1-9,12H,10-11,13-14H2. The fraction of sp³-hybridized carbons (Fsp3) is 0.278. The second-order valence-electron chi connectivity index (χ2n) is 6.15. The fourth-order valence-electron chi connectivity index (χ4n) is 3.57. The largest absolute Gasteiger partial charge is 0.260 e. The summed E-state index contributed by atoms with van der Waals surface area (Å²) < 4.78 is 27.1. The molecule has 0 saturated carbocycles. The van der Waals surface area contributed by atoms with Gasteiger partial charge < -0.3 is 0 Å². The summed E-state index contributed by atoms with van der Waals surface area (Å²) >= 11 is 0. The van der Waals surface area contributed by atoms with Gasteiger partial charge in [0.05, 0.1) is 10.6 Å². The molecule has 1 aromatic carbocycles. The summed E-state index contributed by atoms with van der Waals surface area (Å²) in [5.41, 5.74) is 2.16. The summed E-state index contributed by atoms with van der Waals surface area (Å²) in [6.45, 7) is 1.05. The SMILES string of the molecule is O=S(=O)(c1ccccc1)N1CCC2(C=Cc3cccnc32)CC1. The molecule has 4 rings (SSSR count). The second-order valence-corrected chi connectivity index (χ2v) is 8.09. The highest BCUT2D eigenvalue weighted by atomic mass is 32.2. The lowest BCUT2D eigenvalue weighted by Gasteiger charge is -2.37. The number of rotatable bonds is 2. The third-order valence-electron chi connectivity index (χ3n) is 4.89. The summed E-state index contributed by atoms with van der Waals surface area (Å²) in [5, 5.41) is 0. The van der Waals surface area contributed by atoms with E-state index in [0.29, 0.717) is 18.0 Å². The minimum atomic E-state index is -3.40. The predicted octanol–water partition coefficient (Wildman–Crippen LogP) is 2.83. The van der Waals surface area contributed by atoms with Crippen LogP contribution in [0.4, 0.5) is 0 Å². The van der Waals surface area contributed by atoms with Gasteiger partial charge in [-0.05, 0) is 36.6 Å². The summed E-state index contributed by atoms with van der Waals surface area (Å²) in [4.78, 5) is 4.92. The van der Waals surface area contributed by atoms with E-state index in [9.17, 15) is 8.42 Å². The smallest absolute Gasteiger partial charge is 0.243 e. The van der Waals surface area contributed by atoms with E-state index < -0.39 is 10.0 Å². The Morgan fingerprint density at radius 1 is 1.00 bits per heavy atom. The first-order chi connectivity index (χ1) is 11.1. The summed E-state index contributed by atoms with van der Waals surface area (Å²) in [6, 6.07) is 12.7. The molecule has 0 bridgehead atoms. The van der Waals surface area contributed by atoms with Gasteiger partial charge in [0.25, 0.3) is 0 Å². The molecule has 0 radical (unpaired) electrons. The molecule has 2 aliphatic rings. The quantitative estimate of drug-likeness (QED) is 0.853. The molecule has 1 saturated heterocycles. The Bertz CT molecular complexity index is 852. The lowest BCUT2D eigenvalue weighted by atomic mass is 9.78. The molecule has 118 valence electrons. The van der Waals surface area contributed by atoms with E-state index in [1.165, 1.54) is 0 Å². The highest BCUT2D eigenvalue weighted by Gasteiger charge is 2.41. The number of fused-ring (bicyclic) bond motifs is 2. The number of hydrogen-bond acceptors (Lipinski definition) is 3. The van der Waals surface area contributed by atoms with Crippen molar-refractivity contribution in [1.82, 2.24) is 9.29 Å². The third kappa shape index (κ3) is 2.31. The molecule has 0 unspecified atom stereocenters. The number of aromatic nitrogens is 1. The average Bonchev–Trinajstić information content (AvgIpc) is 2.95. The monoisotopic (exact) mass is 326 g/mol. The van der Waals surface area contributed by atoms with Crippen LogP contribution in [0, 0.1) is 0 Å². The van der Waals surface area contributed by atoms with Crippen molar-refractivity contribution in [3.05, 3.63) is 66.0 Å². The molecule has 0 N–H and O–H groups in total. The first kappa shape index (κ1) is 14.6. The average molecular weight is 326 g/mol. The zero-order valence-electron chi connectivity index (χ0n) is 12.7. The van der Waals surface area contributed by atoms with Crippen LogP contribution in [0.2, 0.25) is 0 Å². The lowest BCUT2D eigenvalue weighted by molar-refractivity contribution is 0.271. The van der Waals surface area contributed by atoms with Crippen LogP contribution in [-0.2, 0) is 15.4 Å². The van der Waals surface area contributed by atoms with Crippen LogP contribution >= 0.6 is 0 Å². The Kier molecular flexibility index (Phi) is 3.36. The molecule has 5 heteroatoms. The van der Waals surface area contributed by atoms with Crippen molar-refractivity contribution < 1.29 is 8.42 Å². The van der Waals surface area contributed by atoms with Crippen molar-refractivity contribution in [2.45, 2.75) is 23.2 Å². The molecule has 1 spiro atoms. The first-order valence-electron chi connectivity index (χ1n) is 7.82. The van der Waals surface area contributed by atoms with E-state index in [-0.39, 0.29) is 5.41 Å². The molecule has 0 amide bonds. The minimum Gasteiger partial charge on any atom is -0.260 e. The second kappa shape index (κ2) is 5.28. The number of benzene rings is 1. The minimum absolute atomic E-state index is 0.0979. The fourth-order valence-corrected chi connectivity index (χ4v) is 5.03. The van der Waals surface area contributed by atoms with E-state index >= 15 is 0 Å². The van der Waals surface area contributed by atoms with Crippen LogP contribution in [-0.4, -0.2) is 30.8 Å². The number of nitrogens with zero attached hydrogens (tertiary/aromatic N) is 2. The Morgan fingerprint density at radius 3 is 2.48 bits per heavy atom. The zero-order chi connectivity index (χ0) is 15.9. The van der Waals surface area contributed by atoms with Gasteiger partial charge in [0.2, 0.25) is 10.0 Å². The topological polar surface area (TPSA) is 50.3 Å². The van der Waals surface area contributed by atoms with E-state index in [1.807, 2.05) is 18.3 Å². The van der Waals surface area contributed by atoms with Crippen LogP contribution in [0.1, 0.15) is 24.1 Å². The number of sulfonamides is 1. The maximum absolute atomic E-state index is 12.7. The van der Waals surface area contributed by atoms with Crippen LogP contribution in [0.15, 0.2) is 59.6 Å². The number of piperidine rings is 1. The van der Waals surface area contributed by atoms with Crippen LogP contribution in [0.25, 0.3) is 6.08 Å². The molecule has 1 aliphatic carbocycles. The molecule has 1 fully saturated rings. The van der Waals surface area contributed by atoms with Gasteiger partial charge in [-0.3, -0.25) is 4.98 Å². The Labute approximate surface area is 136 Å². The van der Waals surface area contributed by atoms with Crippen molar-refractivity contribution in [3.63, 3.8) is 0 Å². The molecule has 4 nitrogen and oxygen atoms in total. The Hall–Kier alpha value is -1.98. The van der Waals surface area contributed by atoms with E-state index in [0.717, 1.165) is 24.1 Å². The summed E-state index contributed by atoms with van der Waals surface area (Å²) in [7, 11) is -3.40. The van der Waals surface area contributed by atoms with Gasteiger partial charge in [-0.1, -0.05) is 36.4 Å². The van der Waals surface area contributed by atoms with Gasteiger partial charge in [-0.25, -0.2) is 8.42 Å². The molecule has 1 aliphatic heterocycles. The van der Waals surface area contributed by atoms with Crippen molar-refractivity contribution >= 4 is 16.1 Å². The van der Waals surface area contributed by atoms with Crippen molar-refractivity contribution in [2.24, 2.45) is 0 Å². The third-order valence-corrected chi connectivity index (χ3v) is 6.80. The van der Waals surface area contributed by atoms with E-state index in [1.54, 1.807) is 28.6 Å². The molecule has 1 aromatic heterocycles. The highest BCUT2D eigenvalue weighted by molar-refractivity contribution is 7.89. The number of hydrogen-bond donors (Lipinski definition) is 0. The maximum Gasteiger partial charge on any atom is 0.243 e. The zero-order valence-corrected chi connectivity index (χ0v) is 13.5. The van der Waals surface area contributed by atoms with Gasteiger partial charge in [0.1, 0.15) is 0 Å². The molecule has 2 aromatic rings. The molecule has 0 atom stereocenters. The van der Waals surface area contributed by atoms with E-state index in [4.69, 9.17) is 0 Å². The van der Waals surface area contributed by atoms with E-state index in [2.05, 4.69) is 23.2 Å². The molecular formula is C18H18N2O2S. The molecular weight excluding hydrogens is 308 g/mol. The van der Waals surface area contributed by atoms with Gasteiger partial charge >= 0.3 is 0 Å².